The predicted octanol–water partition coefficient (Wildman–Crippen LogP) is 9.09. The van der Waals surface area contributed by atoms with E-state index >= 15 is 0 Å². The maximum absolute atomic E-state index is 6.79. The van der Waals surface area contributed by atoms with Crippen LogP contribution < -0.4 is 0 Å². The number of hydrogen-bond acceptors (Lipinski definition) is 4. The van der Waals surface area contributed by atoms with E-state index in [1.807, 2.05) is 0 Å². The van der Waals surface area contributed by atoms with E-state index in [2.05, 4.69) is 27.7 Å². The van der Waals surface area contributed by atoms with Gasteiger partial charge < -0.3 is 18.0 Å². The van der Waals surface area contributed by atoms with Crippen LogP contribution in [0.5, 0.6) is 0 Å². The van der Waals surface area contributed by atoms with E-state index < -0.39 is 8.80 Å². The summed E-state index contributed by atoms with van der Waals surface area (Å²) < 4.78 is 26.3. The summed E-state index contributed by atoms with van der Waals surface area (Å²) >= 11 is 0. The Morgan fingerprint density at radius 3 is 1.60 bits per heavy atom. The van der Waals surface area contributed by atoms with Crippen molar-refractivity contribution in [3.8, 4) is 0 Å². The summed E-state index contributed by atoms with van der Waals surface area (Å²) in [6, 6.07) is 1.02. The van der Waals surface area contributed by atoms with Crippen LogP contribution in [0.4, 0.5) is 0 Å². The molecular weight excluding hydrogens is 452 g/mol. The molecule has 1 heterocycles. The van der Waals surface area contributed by atoms with Crippen LogP contribution in [0.15, 0.2) is 0 Å². The molecule has 0 spiro atoms. The van der Waals surface area contributed by atoms with Crippen LogP contribution in [-0.2, 0) is 18.0 Å². The molecule has 1 saturated carbocycles. The Morgan fingerprint density at radius 1 is 0.629 bits per heavy atom. The topological polar surface area (TPSA) is 40.2 Å². The Hall–Kier alpha value is 0.0569. The van der Waals surface area contributed by atoms with Gasteiger partial charge in [0.2, 0.25) is 0 Å². The summed E-state index contributed by atoms with van der Waals surface area (Å²) in [5.74, 6) is 1.39. The largest absolute Gasteiger partial charge is 0.501 e. The van der Waals surface area contributed by atoms with E-state index in [-0.39, 0.29) is 0 Å². The molecule has 2 fully saturated rings. The van der Waals surface area contributed by atoms with E-state index in [9.17, 15) is 0 Å². The average Bonchev–Trinajstić information content (AvgIpc) is 3.65. The first-order valence-electron chi connectivity index (χ1n) is 15.7. The number of epoxide rings is 1. The summed E-state index contributed by atoms with van der Waals surface area (Å²) in [6.07, 6.45) is 23.5. The van der Waals surface area contributed by atoms with Crippen molar-refractivity contribution in [3.63, 3.8) is 0 Å². The molecule has 0 aromatic carbocycles. The third-order valence-electron chi connectivity index (χ3n) is 8.11. The number of unbranched alkanes of at least 4 members (excludes halogenated alkanes) is 10. The molecule has 4 atom stereocenters. The minimum atomic E-state index is -2.72. The Morgan fingerprint density at radius 2 is 1.14 bits per heavy atom. The van der Waals surface area contributed by atoms with Gasteiger partial charge in [-0.3, -0.25) is 0 Å². The van der Waals surface area contributed by atoms with Gasteiger partial charge in [-0.15, -0.1) is 0 Å². The molecule has 0 bridgehead atoms. The summed E-state index contributed by atoms with van der Waals surface area (Å²) in [7, 11) is -2.72. The van der Waals surface area contributed by atoms with Gasteiger partial charge in [-0.2, -0.15) is 0 Å². The Kier molecular flexibility index (Phi) is 17.1. The lowest BCUT2D eigenvalue weighted by Crippen LogP contribution is -2.49. The first-order chi connectivity index (χ1) is 17.2. The lowest BCUT2D eigenvalue weighted by molar-refractivity contribution is 0.0468. The average molecular weight is 513 g/mol. The fourth-order valence-electron chi connectivity index (χ4n) is 5.73. The quantitative estimate of drug-likeness (QED) is 0.0734. The van der Waals surface area contributed by atoms with Crippen molar-refractivity contribution in [2.75, 3.05) is 19.8 Å². The van der Waals surface area contributed by atoms with Gasteiger partial charge >= 0.3 is 8.80 Å². The van der Waals surface area contributed by atoms with E-state index in [1.54, 1.807) is 0 Å². The van der Waals surface area contributed by atoms with Gasteiger partial charge in [0.1, 0.15) is 0 Å². The van der Waals surface area contributed by atoms with Gasteiger partial charge in [0.25, 0.3) is 0 Å². The highest BCUT2D eigenvalue weighted by Crippen LogP contribution is 2.45. The number of fused-ring (bicyclic) bond motifs is 1. The summed E-state index contributed by atoms with van der Waals surface area (Å²) in [5.41, 5.74) is 0. The van der Waals surface area contributed by atoms with E-state index in [1.165, 1.54) is 96.3 Å². The predicted molar refractivity (Wildman–Crippen MR) is 150 cm³/mol. The lowest BCUT2D eigenvalue weighted by Gasteiger charge is -2.36. The summed E-state index contributed by atoms with van der Waals surface area (Å²) in [4.78, 5) is 0. The molecule has 4 nitrogen and oxygen atoms in total. The van der Waals surface area contributed by atoms with E-state index in [4.69, 9.17) is 18.0 Å². The van der Waals surface area contributed by atoms with Crippen molar-refractivity contribution in [2.24, 2.45) is 11.8 Å². The van der Waals surface area contributed by atoms with Gasteiger partial charge in [-0.1, -0.05) is 105 Å². The molecule has 0 radical (unpaired) electrons. The van der Waals surface area contributed by atoms with Crippen LogP contribution in [-0.4, -0.2) is 40.8 Å². The van der Waals surface area contributed by atoms with Crippen molar-refractivity contribution in [3.05, 3.63) is 0 Å². The molecule has 208 valence electrons. The zero-order valence-electron chi connectivity index (χ0n) is 24.0. The first kappa shape index (κ1) is 31.3. The van der Waals surface area contributed by atoms with Crippen molar-refractivity contribution >= 4 is 8.80 Å². The summed E-state index contributed by atoms with van der Waals surface area (Å²) in [6.45, 7) is 11.5. The molecule has 0 amide bonds. The second-order valence-electron chi connectivity index (χ2n) is 11.3. The maximum atomic E-state index is 6.79. The Labute approximate surface area is 220 Å². The standard InChI is InChI=1S/C30H60O4Si/c1-5-9-13-16-22-31-35(32-23-17-14-10-6-2,33-24-18-15-11-7-3)26-28(19-12-8-4)27-20-21-29-30(25-27)34-29/h27-30H,5-26H2,1-4H3. The van der Waals surface area contributed by atoms with Crippen LogP contribution >= 0.6 is 0 Å². The number of hydrogen-bond donors (Lipinski definition) is 0. The molecule has 1 aliphatic heterocycles. The van der Waals surface area contributed by atoms with Crippen molar-refractivity contribution in [2.45, 2.75) is 162 Å². The molecule has 0 N–H and O–H groups in total. The SMILES string of the molecule is CCCCCCO[Si](CC(CCCC)C1CCC2OC2C1)(OCCCCCC)OCCCCCC. The molecule has 4 unspecified atom stereocenters. The first-order valence-corrected chi connectivity index (χ1v) is 17.7. The van der Waals surface area contributed by atoms with Gasteiger partial charge in [0, 0.05) is 25.9 Å². The normalized spacial score (nSPS) is 22.8. The van der Waals surface area contributed by atoms with Crippen LogP contribution in [0.1, 0.15) is 143 Å². The highest BCUT2D eigenvalue weighted by Gasteiger charge is 2.49. The molecule has 35 heavy (non-hydrogen) atoms. The monoisotopic (exact) mass is 512 g/mol. The molecule has 5 heteroatoms. The molecule has 1 aliphatic carbocycles. The van der Waals surface area contributed by atoms with Crippen LogP contribution in [0.3, 0.4) is 0 Å². The fourth-order valence-corrected chi connectivity index (χ4v) is 8.88. The van der Waals surface area contributed by atoms with Crippen molar-refractivity contribution in [1.29, 1.82) is 0 Å². The van der Waals surface area contributed by atoms with Crippen LogP contribution in [0, 0.1) is 11.8 Å². The maximum Gasteiger partial charge on any atom is 0.501 e. The van der Waals surface area contributed by atoms with Gasteiger partial charge in [-0.05, 0) is 50.4 Å². The molecular formula is C30H60O4Si. The minimum Gasteiger partial charge on any atom is -0.373 e. The molecule has 1 saturated heterocycles. The van der Waals surface area contributed by atoms with Crippen LogP contribution in [0.25, 0.3) is 0 Å². The van der Waals surface area contributed by atoms with Gasteiger partial charge in [-0.25, -0.2) is 0 Å². The zero-order valence-corrected chi connectivity index (χ0v) is 25.0. The van der Waals surface area contributed by atoms with Gasteiger partial charge in [0.15, 0.2) is 0 Å². The highest BCUT2D eigenvalue weighted by atomic mass is 28.4. The minimum absolute atomic E-state index is 0.536. The van der Waals surface area contributed by atoms with Crippen LogP contribution in [0.2, 0.25) is 6.04 Å². The van der Waals surface area contributed by atoms with E-state index in [0.29, 0.717) is 18.1 Å². The highest BCUT2D eigenvalue weighted by molar-refractivity contribution is 6.60. The molecule has 0 aromatic rings. The van der Waals surface area contributed by atoms with Crippen molar-refractivity contribution in [1.82, 2.24) is 0 Å². The smallest absolute Gasteiger partial charge is 0.373 e. The van der Waals surface area contributed by atoms with Gasteiger partial charge in [0.05, 0.1) is 12.2 Å². The molecule has 0 aromatic heterocycles. The third kappa shape index (κ3) is 12.9. The fraction of sp³-hybridized carbons (Fsp3) is 1.00. The number of rotatable bonds is 24. The Bertz CT molecular complexity index is 467. The lowest BCUT2D eigenvalue weighted by atomic mass is 9.79. The Balaban J connectivity index is 2.08. The molecule has 2 aliphatic rings. The number of ether oxygens (including phenoxy) is 1. The second kappa shape index (κ2) is 19.2. The van der Waals surface area contributed by atoms with E-state index in [0.717, 1.165) is 51.0 Å². The summed E-state index contributed by atoms with van der Waals surface area (Å²) in [5, 5.41) is 0. The van der Waals surface area contributed by atoms with Crippen molar-refractivity contribution < 1.29 is 18.0 Å². The second-order valence-corrected chi connectivity index (χ2v) is 13.9. The zero-order chi connectivity index (χ0) is 25.2. The molecule has 2 rings (SSSR count). The third-order valence-corrected chi connectivity index (χ3v) is 11.1.